The second-order valence-corrected chi connectivity index (χ2v) is 5.57. The Balaban J connectivity index is 1.65. The third-order valence-corrected chi connectivity index (χ3v) is 3.87. The van der Waals surface area contributed by atoms with Crippen molar-refractivity contribution < 1.29 is 14.3 Å². The van der Waals surface area contributed by atoms with E-state index in [0.29, 0.717) is 16.6 Å². The van der Waals surface area contributed by atoms with Crippen LogP contribution in [0.2, 0.25) is 0 Å². The van der Waals surface area contributed by atoms with E-state index in [9.17, 15) is 9.59 Å². The van der Waals surface area contributed by atoms with Gasteiger partial charge >= 0.3 is 0 Å². The molecule has 2 heterocycles. The minimum absolute atomic E-state index is 0.134. The lowest BCUT2D eigenvalue weighted by Gasteiger charge is -2.03. The Labute approximate surface area is 135 Å². The zero-order valence-electron chi connectivity index (χ0n) is 12.3. The highest BCUT2D eigenvalue weighted by Gasteiger charge is 2.13. The summed E-state index contributed by atoms with van der Waals surface area (Å²) in [6, 6.07) is 7.20. The maximum Gasteiger partial charge on any atom is 0.268 e. The molecule has 0 aliphatic rings. The first-order valence-corrected chi connectivity index (χ1v) is 7.68. The summed E-state index contributed by atoms with van der Waals surface area (Å²) in [6.45, 7) is -0.134. The molecule has 3 aromatic rings. The molecule has 0 aliphatic carbocycles. The number of hydrogen-bond acceptors (Lipinski definition) is 5. The van der Waals surface area contributed by atoms with E-state index in [1.807, 2.05) is 18.2 Å². The number of aromatic amines is 1. The van der Waals surface area contributed by atoms with Crippen LogP contribution in [0.15, 0.2) is 35.8 Å². The molecule has 23 heavy (non-hydrogen) atoms. The van der Waals surface area contributed by atoms with E-state index in [1.165, 1.54) is 11.3 Å². The molecule has 118 valence electrons. The minimum atomic E-state index is -0.363. The Bertz CT molecular complexity index is 842. The smallest absolute Gasteiger partial charge is 0.268 e. The first-order valence-electron chi connectivity index (χ1n) is 6.80. The lowest BCUT2D eigenvalue weighted by Crippen LogP contribution is -2.32. The SMILES string of the molecule is COc1cccc2[nH]c(C(=O)NCC(=O)Nc3nccs3)cc12. The summed E-state index contributed by atoms with van der Waals surface area (Å²) in [5.74, 6) is -0.0150. The fourth-order valence-electron chi connectivity index (χ4n) is 2.13. The molecule has 2 aromatic heterocycles. The lowest BCUT2D eigenvalue weighted by atomic mass is 10.2. The maximum atomic E-state index is 12.1. The highest BCUT2D eigenvalue weighted by molar-refractivity contribution is 7.13. The molecule has 7 nitrogen and oxygen atoms in total. The van der Waals surface area contributed by atoms with Crippen molar-refractivity contribution in [1.29, 1.82) is 0 Å². The van der Waals surface area contributed by atoms with E-state index in [0.717, 1.165) is 10.9 Å². The third kappa shape index (κ3) is 3.32. The van der Waals surface area contributed by atoms with Crippen molar-refractivity contribution in [1.82, 2.24) is 15.3 Å². The van der Waals surface area contributed by atoms with Gasteiger partial charge in [0.25, 0.3) is 5.91 Å². The third-order valence-electron chi connectivity index (χ3n) is 3.18. The van der Waals surface area contributed by atoms with Crippen LogP contribution in [0.5, 0.6) is 5.75 Å². The fourth-order valence-corrected chi connectivity index (χ4v) is 2.68. The average molecular weight is 330 g/mol. The Morgan fingerprint density at radius 3 is 3.00 bits per heavy atom. The second-order valence-electron chi connectivity index (χ2n) is 4.67. The number of carbonyl (C=O) groups is 2. The predicted octanol–water partition coefficient (Wildman–Crippen LogP) is 2.00. The summed E-state index contributed by atoms with van der Waals surface area (Å²) in [5.41, 5.74) is 1.16. The number of hydrogen-bond donors (Lipinski definition) is 3. The second kappa shape index (κ2) is 6.49. The van der Waals surface area contributed by atoms with Crippen LogP contribution >= 0.6 is 11.3 Å². The normalized spacial score (nSPS) is 10.5. The van der Waals surface area contributed by atoms with Crippen molar-refractivity contribution in [3.8, 4) is 5.75 Å². The topological polar surface area (TPSA) is 96.1 Å². The van der Waals surface area contributed by atoms with Gasteiger partial charge in [0.05, 0.1) is 13.7 Å². The van der Waals surface area contributed by atoms with Gasteiger partial charge in [0.2, 0.25) is 5.91 Å². The molecular weight excluding hydrogens is 316 g/mol. The number of H-pyrrole nitrogens is 1. The number of amides is 2. The van der Waals surface area contributed by atoms with Crippen LogP contribution in [0, 0.1) is 0 Å². The van der Waals surface area contributed by atoms with Crippen molar-refractivity contribution in [2.45, 2.75) is 0 Å². The molecule has 0 unspecified atom stereocenters. The van der Waals surface area contributed by atoms with Crippen molar-refractivity contribution in [2.75, 3.05) is 19.0 Å². The molecule has 0 fully saturated rings. The van der Waals surface area contributed by atoms with Crippen LogP contribution in [-0.2, 0) is 4.79 Å². The van der Waals surface area contributed by atoms with Gasteiger partial charge in [-0.05, 0) is 18.2 Å². The van der Waals surface area contributed by atoms with E-state index in [1.54, 1.807) is 24.8 Å². The van der Waals surface area contributed by atoms with Gasteiger partial charge in [-0.25, -0.2) is 4.98 Å². The van der Waals surface area contributed by atoms with Crippen LogP contribution < -0.4 is 15.4 Å². The molecule has 0 bridgehead atoms. The van der Waals surface area contributed by atoms with Gasteiger partial charge in [-0.15, -0.1) is 11.3 Å². The van der Waals surface area contributed by atoms with Gasteiger partial charge in [-0.1, -0.05) is 6.07 Å². The number of ether oxygens (including phenoxy) is 1. The van der Waals surface area contributed by atoms with Gasteiger partial charge in [0.1, 0.15) is 11.4 Å². The summed E-state index contributed by atoms with van der Waals surface area (Å²) in [5, 5.41) is 8.23. The zero-order chi connectivity index (χ0) is 16.2. The number of fused-ring (bicyclic) bond motifs is 1. The van der Waals surface area contributed by atoms with E-state index < -0.39 is 0 Å². The Morgan fingerprint density at radius 2 is 2.26 bits per heavy atom. The highest BCUT2D eigenvalue weighted by atomic mass is 32.1. The first kappa shape index (κ1) is 15.0. The minimum Gasteiger partial charge on any atom is -0.496 e. The molecule has 0 radical (unpaired) electrons. The van der Waals surface area contributed by atoms with Gasteiger partial charge in [0.15, 0.2) is 5.13 Å². The number of benzene rings is 1. The van der Waals surface area contributed by atoms with Crippen molar-refractivity contribution in [3.05, 3.63) is 41.5 Å². The molecule has 2 amide bonds. The van der Waals surface area contributed by atoms with Crippen LogP contribution in [-0.4, -0.2) is 35.4 Å². The van der Waals surface area contributed by atoms with Crippen LogP contribution in [0.1, 0.15) is 10.5 Å². The molecule has 0 aliphatic heterocycles. The molecule has 0 spiro atoms. The molecular formula is C15H14N4O3S. The summed E-state index contributed by atoms with van der Waals surface area (Å²) in [6.07, 6.45) is 1.59. The van der Waals surface area contributed by atoms with E-state index in [4.69, 9.17) is 4.74 Å². The quantitative estimate of drug-likeness (QED) is 0.667. The van der Waals surface area contributed by atoms with Gasteiger partial charge in [-0.2, -0.15) is 0 Å². The molecule has 0 saturated heterocycles. The van der Waals surface area contributed by atoms with Gasteiger partial charge in [0, 0.05) is 22.5 Å². The molecule has 8 heteroatoms. The molecule has 0 saturated carbocycles. The number of aromatic nitrogens is 2. The number of anilines is 1. The Kier molecular flexibility index (Phi) is 4.24. The number of methoxy groups -OCH3 is 1. The van der Waals surface area contributed by atoms with E-state index >= 15 is 0 Å². The maximum absolute atomic E-state index is 12.1. The summed E-state index contributed by atoms with van der Waals surface area (Å²) >= 11 is 1.31. The van der Waals surface area contributed by atoms with Crippen LogP contribution in [0.3, 0.4) is 0 Å². The highest BCUT2D eigenvalue weighted by Crippen LogP contribution is 2.25. The number of rotatable bonds is 5. The number of thiazole rings is 1. The van der Waals surface area contributed by atoms with E-state index in [-0.39, 0.29) is 18.4 Å². The van der Waals surface area contributed by atoms with Gasteiger partial charge in [-0.3, -0.25) is 9.59 Å². The average Bonchev–Trinajstić information content (AvgIpc) is 3.21. The van der Waals surface area contributed by atoms with Crippen molar-refractivity contribution in [2.24, 2.45) is 0 Å². The van der Waals surface area contributed by atoms with E-state index in [2.05, 4.69) is 20.6 Å². The lowest BCUT2D eigenvalue weighted by molar-refractivity contribution is -0.115. The van der Waals surface area contributed by atoms with Crippen molar-refractivity contribution in [3.63, 3.8) is 0 Å². The van der Waals surface area contributed by atoms with Crippen LogP contribution in [0.25, 0.3) is 10.9 Å². The zero-order valence-corrected chi connectivity index (χ0v) is 13.1. The molecule has 1 aromatic carbocycles. The number of nitrogens with zero attached hydrogens (tertiary/aromatic N) is 1. The Hall–Kier alpha value is -2.87. The fraction of sp³-hybridized carbons (Fsp3) is 0.133. The summed E-state index contributed by atoms with van der Waals surface area (Å²) < 4.78 is 5.26. The van der Waals surface area contributed by atoms with Gasteiger partial charge < -0.3 is 20.4 Å². The standard InChI is InChI=1S/C15H14N4O3S/c1-22-12-4-2-3-10-9(12)7-11(18-10)14(21)17-8-13(20)19-15-16-5-6-23-15/h2-7,18H,8H2,1H3,(H,17,21)(H,16,19,20). The summed E-state index contributed by atoms with van der Waals surface area (Å²) in [7, 11) is 1.57. The molecule has 3 N–H and O–H groups in total. The number of carbonyl (C=O) groups excluding carboxylic acids is 2. The Morgan fingerprint density at radius 1 is 1.39 bits per heavy atom. The number of nitrogens with one attached hydrogen (secondary N) is 3. The molecule has 0 atom stereocenters. The summed E-state index contributed by atoms with van der Waals surface area (Å²) in [4.78, 5) is 30.8. The molecule has 3 rings (SSSR count). The monoisotopic (exact) mass is 330 g/mol. The van der Waals surface area contributed by atoms with Crippen molar-refractivity contribution >= 4 is 39.2 Å². The predicted molar refractivity (Wildman–Crippen MR) is 87.9 cm³/mol. The largest absolute Gasteiger partial charge is 0.496 e. The van der Waals surface area contributed by atoms with Crippen LogP contribution in [0.4, 0.5) is 5.13 Å². The first-order chi connectivity index (χ1) is 11.2.